The highest BCUT2D eigenvalue weighted by Crippen LogP contribution is 2.12. The van der Waals surface area contributed by atoms with Gasteiger partial charge in [0, 0.05) is 19.7 Å². The second-order valence-electron chi connectivity index (χ2n) is 3.56. The van der Waals surface area contributed by atoms with Crippen molar-refractivity contribution in [2.45, 2.75) is 25.4 Å². The summed E-state index contributed by atoms with van der Waals surface area (Å²) >= 11 is 0. The van der Waals surface area contributed by atoms with Gasteiger partial charge >= 0.3 is 0 Å². The number of hydrogen-bond donors (Lipinski definition) is 1. The second-order valence-corrected chi connectivity index (χ2v) is 3.56. The van der Waals surface area contributed by atoms with Crippen molar-refractivity contribution in [2.75, 3.05) is 32.9 Å². The molecule has 0 spiro atoms. The molecule has 3 nitrogen and oxygen atoms in total. The molecule has 0 saturated carbocycles. The van der Waals surface area contributed by atoms with E-state index in [2.05, 4.69) is 11.9 Å². The van der Waals surface area contributed by atoms with Crippen LogP contribution in [0.4, 0.5) is 0 Å². The lowest BCUT2D eigenvalue weighted by Crippen LogP contribution is -2.27. The first-order chi connectivity index (χ1) is 6.93. The van der Waals surface area contributed by atoms with Crippen LogP contribution in [0.15, 0.2) is 12.7 Å². The Kier molecular flexibility index (Phi) is 6.66. The maximum Gasteiger partial charge on any atom is 0.0808 e. The second kappa shape index (κ2) is 7.97. The molecule has 0 aromatic rings. The minimum atomic E-state index is 0.336. The molecule has 0 aromatic carbocycles. The van der Waals surface area contributed by atoms with E-state index >= 15 is 0 Å². The van der Waals surface area contributed by atoms with Crippen molar-refractivity contribution in [1.29, 1.82) is 0 Å². The molecule has 1 atom stereocenters. The molecule has 1 heterocycles. The third-order valence-electron chi connectivity index (χ3n) is 2.29. The van der Waals surface area contributed by atoms with E-state index in [0.717, 1.165) is 39.3 Å². The SMILES string of the molecule is C=CCNCCOCC1CCCCO1. The zero-order valence-electron chi connectivity index (χ0n) is 8.84. The van der Waals surface area contributed by atoms with Crippen LogP contribution in [0, 0.1) is 0 Å². The van der Waals surface area contributed by atoms with E-state index in [1.807, 2.05) is 6.08 Å². The van der Waals surface area contributed by atoms with Crippen LogP contribution in [0.3, 0.4) is 0 Å². The van der Waals surface area contributed by atoms with E-state index in [4.69, 9.17) is 9.47 Å². The number of hydrogen-bond acceptors (Lipinski definition) is 3. The summed E-state index contributed by atoms with van der Waals surface area (Å²) in [6, 6.07) is 0. The lowest BCUT2D eigenvalue weighted by molar-refractivity contribution is -0.0398. The third kappa shape index (κ3) is 5.37. The Morgan fingerprint density at radius 1 is 1.50 bits per heavy atom. The Morgan fingerprint density at radius 2 is 2.43 bits per heavy atom. The van der Waals surface area contributed by atoms with Crippen LogP contribution in [0.5, 0.6) is 0 Å². The van der Waals surface area contributed by atoms with E-state index in [-0.39, 0.29) is 0 Å². The molecule has 1 rings (SSSR count). The van der Waals surface area contributed by atoms with Crippen LogP contribution in [-0.4, -0.2) is 39.0 Å². The molecule has 0 radical (unpaired) electrons. The molecular weight excluding hydrogens is 178 g/mol. The monoisotopic (exact) mass is 199 g/mol. The fourth-order valence-corrected chi connectivity index (χ4v) is 1.50. The smallest absolute Gasteiger partial charge is 0.0808 e. The van der Waals surface area contributed by atoms with Crippen molar-refractivity contribution in [2.24, 2.45) is 0 Å². The highest BCUT2D eigenvalue weighted by molar-refractivity contribution is 4.69. The Balaban J connectivity index is 1.85. The van der Waals surface area contributed by atoms with E-state index in [1.54, 1.807) is 0 Å². The lowest BCUT2D eigenvalue weighted by atomic mass is 10.1. The molecular formula is C11H21NO2. The molecule has 0 aliphatic carbocycles. The van der Waals surface area contributed by atoms with Crippen LogP contribution in [0.1, 0.15) is 19.3 Å². The van der Waals surface area contributed by atoms with Crippen molar-refractivity contribution in [1.82, 2.24) is 5.32 Å². The number of rotatable bonds is 7. The average Bonchev–Trinajstić information content (AvgIpc) is 2.25. The molecule has 0 aromatic heterocycles. The lowest BCUT2D eigenvalue weighted by Gasteiger charge is -2.22. The van der Waals surface area contributed by atoms with Crippen molar-refractivity contribution >= 4 is 0 Å². The van der Waals surface area contributed by atoms with Gasteiger partial charge in [-0.2, -0.15) is 0 Å². The molecule has 0 amide bonds. The first kappa shape index (κ1) is 11.7. The standard InChI is InChI=1S/C11H21NO2/c1-2-6-12-7-9-13-10-11-5-3-4-8-14-11/h2,11-12H,1,3-10H2. The normalized spacial score (nSPS) is 22.1. The predicted molar refractivity (Wildman–Crippen MR) is 57.5 cm³/mol. The average molecular weight is 199 g/mol. The van der Waals surface area contributed by atoms with Gasteiger partial charge in [-0.15, -0.1) is 6.58 Å². The molecule has 82 valence electrons. The maximum atomic E-state index is 5.54. The maximum absolute atomic E-state index is 5.54. The molecule has 1 saturated heterocycles. The fourth-order valence-electron chi connectivity index (χ4n) is 1.50. The summed E-state index contributed by atoms with van der Waals surface area (Å²) in [5.74, 6) is 0. The van der Waals surface area contributed by atoms with Gasteiger partial charge in [0.15, 0.2) is 0 Å². The Labute approximate surface area is 86.5 Å². The molecule has 1 fully saturated rings. The summed E-state index contributed by atoms with van der Waals surface area (Å²) in [6.45, 7) is 7.78. The summed E-state index contributed by atoms with van der Waals surface area (Å²) in [6.07, 6.45) is 5.83. The fraction of sp³-hybridized carbons (Fsp3) is 0.818. The highest BCUT2D eigenvalue weighted by atomic mass is 16.5. The Bertz CT molecular complexity index is 144. The van der Waals surface area contributed by atoms with E-state index in [0.29, 0.717) is 6.10 Å². The van der Waals surface area contributed by atoms with Gasteiger partial charge in [0.1, 0.15) is 0 Å². The minimum absolute atomic E-state index is 0.336. The zero-order valence-corrected chi connectivity index (χ0v) is 8.84. The van der Waals surface area contributed by atoms with Gasteiger partial charge < -0.3 is 14.8 Å². The van der Waals surface area contributed by atoms with Gasteiger partial charge in [0.25, 0.3) is 0 Å². The van der Waals surface area contributed by atoms with Crippen LogP contribution >= 0.6 is 0 Å². The van der Waals surface area contributed by atoms with Crippen molar-refractivity contribution in [3.05, 3.63) is 12.7 Å². The van der Waals surface area contributed by atoms with Crippen LogP contribution < -0.4 is 5.32 Å². The summed E-state index contributed by atoms with van der Waals surface area (Å²) in [4.78, 5) is 0. The summed E-state index contributed by atoms with van der Waals surface area (Å²) in [5.41, 5.74) is 0. The van der Waals surface area contributed by atoms with Gasteiger partial charge in [-0.3, -0.25) is 0 Å². The predicted octanol–water partition coefficient (Wildman–Crippen LogP) is 1.35. The quantitative estimate of drug-likeness (QED) is 0.496. The topological polar surface area (TPSA) is 30.5 Å². The van der Waals surface area contributed by atoms with E-state index in [1.165, 1.54) is 12.8 Å². The third-order valence-corrected chi connectivity index (χ3v) is 2.29. The summed E-state index contributed by atoms with van der Waals surface area (Å²) in [7, 11) is 0. The molecule has 3 heteroatoms. The van der Waals surface area contributed by atoms with Crippen molar-refractivity contribution < 1.29 is 9.47 Å². The molecule has 1 unspecified atom stereocenters. The molecule has 1 aliphatic rings. The summed E-state index contributed by atoms with van der Waals surface area (Å²) < 4.78 is 11.0. The zero-order chi connectivity index (χ0) is 10.1. The number of nitrogens with one attached hydrogen (secondary N) is 1. The number of ether oxygens (including phenoxy) is 2. The van der Waals surface area contributed by atoms with E-state index in [9.17, 15) is 0 Å². The minimum Gasteiger partial charge on any atom is -0.377 e. The first-order valence-electron chi connectivity index (χ1n) is 5.44. The molecule has 1 N–H and O–H groups in total. The van der Waals surface area contributed by atoms with Gasteiger partial charge in [-0.05, 0) is 19.3 Å². The van der Waals surface area contributed by atoms with Gasteiger partial charge in [-0.25, -0.2) is 0 Å². The molecule has 1 aliphatic heterocycles. The largest absolute Gasteiger partial charge is 0.377 e. The van der Waals surface area contributed by atoms with Crippen molar-refractivity contribution in [3.63, 3.8) is 0 Å². The van der Waals surface area contributed by atoms with Gasteiger partial charge in [0.2, 0.25) is 0 Å². The Morgan fingerprint density at radius 3 is 3.14 bits per heavy atom. The van der Waals surface area contributed by atoms with Crippen LogP contribution in [-0.2, 0) is 9.47 Å². The van der Waals surface area contributed by atoms with Gasteiger partial charge in [0.05, 0.1) is 19.3 Å². The van der Waals surface area contributed by atoms with Crippen molar-refractivity contribution in [3.8, 4) is 0 Å². The van der Waals surface area contributed by atoms with Crippen LogP contribution in [0.25, 0.3) is 0 Å². The molecule has 14 heavy (non-hydrogen) atoms. The first-order valence-corrected chi connectivity index (χ1v) is 5.44. The highest BCUT2D eigenvalue weighted by Gasteiger charge is 2.13. The van der Waals surface area contributed by atoms with Gasteiger partial charge in [-0.1, -0.05) is 6.08 Å². The summed E-state index contributed by atoms with van der Waals surface area (Å²) in [5, 5.41) is 3.19. The molecule has 0 bridgehead atoms. The van der Waals surface area contributed by atoms with Crippen LogP contribution in [0.2, 0.25) is 0 Å². The van der Waals surface area contributed by atoms with E-state index < -0.39 is 0 Å². The Hall–Kier alpha value is -0.380.